The van der Waals surface area contributed by atoms with Gasteiger partial charge in [-0.2, -0.15) is 0 Å². The van der Waals surface area contributed by atoms with Crippen molar-refractivity contribution in [1.82, 2.24) is 4.90 Å². The summed E-state index contributed by atoms with van der Waals surface area (Å²) in [5.74, 6) is 2.26. The van der Waals surface area contributed by atoms with Crippen LogP contribution in [0, 0.1) is 12.3 Å². The molecule has 0 aromatic heterocycles. The molecule has 4 heteroatoms. The van der Waals surface area contributed by atoms with Gasteiger partial charge in [0.05, 0.1) is 13.7 Å². The number of nitrogens with zero attached hydrogens (tertiary/aromatic N) is 1. The minimum atomic E-state index is -1.16. The monoisotopic (exact) mass is 169 g/mol. The standard InChI is InChI=1S/C8H11NO3/c1-3-8(11)4-5-9(6-8)7(10)12-2/h1,11H,4-6H2,2H3. The fourth-order valence-electron chi connectivity index (χ4n) is 1.20. The lowest BCUT2D eigenvalue weighted by molar-refractivity contribution is 0.0954. The van der Waals surface area contributed by atoms with Crippen LogP contribution in [0.25, 0.3) is 0 Å². The van der Waals surface area contributed by atoms with Crippen molar-refractivity contribution in [3.63, 3.8) is 0 Å². The van der Waals surface area contributed by atoms with E-state index in [2.05, 4.69) is 10.7 Å². The zero-order valence-corrected chi connectivity index (χ0v) is 6.91. The second-order valence-corrected chi connectivity index (χ2v) is 2.82. The van der Waals surface area contributed by atoms with Crippen molar-refractivity contribution in [2.45, 2.75) is 12.0 Å². The first kappa shape index (κ1) is 8.88. The number of hydrogen-bond acceptors (Lipinski definition) is 3. The third-order valence-electron chi connectivity index (χ3n) is 1.95. The highest BCUT2D eigenvalue weighted by Gasteiger charge is 2.36. The van der Waals surface area contributed by atoms with Crippen LogP contribution in [0.3, 0.4) is 0 Å². The predicted octanol–water partition coefficient (Wildman–Crippen LogP) is -0.177. The Morgan fingerprint density at radius 1 is 1.83 bits per heavy atom. The molecule has 12 heavy (non-hydrogen) atoms. The largest absolute Gasteiger partial charge is 0.453 e. The van der Waals surface area contributed by atoms with Gasteiger partial charge >= 0.3 is 6.09 Å². The second-order valence-electron chi connectivity index (χ2n) is 2.82. The van der Waals surface area contributed by atoms with E-state index in [4.69, 9.17) is 6.42 Å². The highest BCUT2D eigenvalue weighted by Crippen LogP contribution is 2.20. The molecule has 0 radical (unpaired) electrons. The maximum absolute atomic E-state index is 10.9. The van der Waals surface area contributed by atoms with Gasteiger partial charge in [0.25, 0.3) is 0 Å². The Kier molecular flexibility index (Phi) is 2.25. The minimum Gasteiger partial charge on any atom is -0.453 e. The van der Waals surface area contributed by atoms with Crippen LogP contribution in [-0.4, -0.2) is 41.9 Å². The molecule has 4 nitrogen and oxygen atoms in total. The van der Waals surface area contributed by atoms with Crippen molar-refractivity contribution in [3.8, 4) is 12.3 Å². The molecule has 0 saturated carbocycles. The predicted molar refractivity (Wildman–Crippen MR) is 42.4 cm³/mol. The van der Waals surface area contributed by atoms with Crippen molar-refractivity contribution in [2.75, 3.05) is 20.2 Å². The fourth-order valence-corrected chi connectivity index (χ4v) is 1.20. The van der Waals surface area contributed by atoms with Crippen LogP contribution in [0.2, 0.25) is 0 Å². The molecule has 66 valence electrons. The normalized spacial score (nSPS) is 28.2. The van der Waals surface area contributed by atoms with Gasteiger partial charge in [0.15, 0.2) is 0 Å². The summed E-state index contributed by atoms with van der Waals surface area (Å²) in [4.78, 5) is 12.3. The fraction of sp³-hybridized carbons (Fsp3) is 0.625. The Labute approximate surface area is 71.1 Å². The molecule has 0 aromatic carbocycles. The van der Waals surface area contributed by atoms with E-state index in [1.165, 1.54) is 12.0 Å². The number of likely N-dealkylation sites (tertiary alicyclic amines) is 1. The molecule has 1 fully saturated rings. The number of carbonyl (C=O) groups is 1. The van der Waals surface area contributed by atoms with E-state index in [9.17, 15) is 9.90 Å². The zero-order valence-electron chi connectivity index (χ0n) is 6.91. The third kappa shape index (κ3) is 1.51. The van der Waals surface area contributed by atoms with Gasteiger partial charge in [-0.25, -0.2) is 4.79 Å². The molecule has 0 spiro atoms. The van der Waals surface area contributed by atoms with Crippen LogP contribution in [0.4, 0.5) is 4.79 Å². The van der Waals surface area contributed by atoms with Gasteiger partial charge in [0.1, 0.15) is 5.60 Å². The van der Waals surface area contributed by atoms with Gasteiger partial charge in [-0.3, -0.25) is 0 Å². The molecule has 1 unspecified atom stereocenters. The number of methoxy groups -OCH3 is 1. The third-order valence-corrected chi connectivity index (χ3v) is 1.95. The Morgan fingerprint density at radius 3 is 2.92 bits per heavy atom. The van der Waals surface area contributed by atoms with E-state index in [1.54, 1.807) is 0 Å². The van der Waals surface area contributed by atoms with Crippen LogP contribution < -0.4 is 0 Å². The zero-order chi connectivity index (χ0) is 9.19. The van der Waals surface area contributed by atoms with E-state index in [-0.39, 0.29) is 6.54 Å². The molecule has 1 aliphatic heterocycles. The topological polar surface area (TPSA) is 49.8 Å². The van der Waals surface area contributed by atoms with Gasteiger partial charge in [0.2, 0.25) is 0 Å². The molecule has 1 atom stereocenters. The number of terminal acetylenes is 1. The SMILES string of the molecule is C#CC1(O)CCN(C(=O)OC)C1. The van der Waals surface area contributed by atoms with E-state index in [0.717, 1.165) is 0 Å². The molecule has 1 aliphatic rings. The lowest BCUT2D eigenvalue weighted by Gasteiger charge is -2.16. The summed E-state index contributed by atoms with van der Waals surface area (Å²) in [6, 6.07) is 0. The van der Waals surface area contributed by atoms with E-state index < -0.39 is 11.7 Å². The van der Waals surface area contributed by atoms with Gasteiger partial charge in [-0.1, -0.05) is 5.92 Å². The number of rotatable bonds is 0. The minimum absolute atomic E-state index is 0.163. The first-order valence-electron chi connectivity index (χ1n) is 3.64. The molecule has 1 amide bonds. The van der Waals surface area contributed by atoms with Gasteiger partial charge < -0.3 is 14.7 Å². The molecule has 1 heterocycles. The van der Waals surface area contributed by atoms with Crippen molar-refractivity contribution < 1.29 is 14.6 Å². The van der Waals surface area contributed by atoms with Crippen LogP contribution >= 0.6 is 0 Å². The quantitative estimate of drug-likeness (QED) is 0.512. The summed E-state index contributed by atoms with van der Waals surface area (Å²) in [5.41, 5.74) is -1.16. The average Bonchev–Trinajstić information content (AvgIpc) is 2.48. The molecule has 0 bridgehead atoms. The van der Waals surface area contributed by atoms with Crippen molar-refractivity contribution in [3.05, 3.63) is 0 Å². The summed E-state index contributed by atoms with van der Waals surface area (Å²) in [7, 11) is 1.30. The molecule has 1 N–H and O–H groups in total. The summed E-state index contributed by atoms with van der Waals surface area (Å²) < 4.78 is 4.48. The molecule has 0 aromatic rings. The highest BCUT2D eigenvalue weighted by atomic mass is 16.5. The van der Waals surface area contributed by atoms with E-state index in [1.807, 2.05) is 0 Å². The summed E-state index contributed by atoms with van der Waals surface area (Å²) in [6.45, 7) is 0.615. The number of aliphatic hydroxyl groups is 1. The molecular weight excluding hydrogens is 158 g/mol. The van der Waals surface area contributed by atoms with Gasteiger partial charge in [0, 0.05) is 13.0 Å². The molecule has 0 aliphatic carbocycles. The number of amides is 1. The van der Waals surface area contributed by atoms with Crippen LogP contribution in [0.15, 0.2) is 0 Å². The van der Waals surface area contributed by atoms with Crippen LogP contribution in [-0.2, 0) is 4.74 Å². The second kappa shape index (κ2) is 3.03. The number of carbonyl (C=O) groups excluding carboxylic acids is 1. The number of ether oxygens (including phenoxy) is 1. The average molecular weight is 169 g/mol. The summed E-state index contributed by atoms with van der Waals surface area (Å²) in [5, 5.41) is 9.53. The number of hydrogen-bond donors (Lipinski definition) is 1. The van der Waals surface area contributed by atoms with E-state index in [0.29, 0.717) is 13.0 Å². The van der Waals surface area contributed by atoms with Crippen molar-refractivity contribution >= 4 is 6.09 Å². The van der Waals surface area contributed by atoms with Crippen LogP contribution in [0.5, 0.6) is 0 Å². The molecule has 1 saturated heterocycles. The van der Waals surface area contributed by atoms with Crippen molar-refractivity contribution in [1.29, 1.82) is 0 Å². The van der Waals surface area contributed by atoms with Gasteiger partial charge in [-0.15, -0.1) is 6.42 Å². The first-order chi connectivity index (χ1) is 5.61. The Balaban J connectivity index is 2.58. The first-order valence-corrected chi connectivity index (χ1v) is 3.64. The maximum atomic E-state index is 10.9. The lowest BCUT2D eigenvalue weighted by Crippen LogP contribution is -2.34. The highest BCUT2D eigenvalue weighted by molar-refractivity contribution is 5.68. The Morgan fingerprint density at radius 2 is 2.50 bits per heavy atom. The molecular formula is C8H11NO3. The van der Waals surface area contributed by atoms with Crippen LogP contribution in [0.1, 0.15) is 6.42 Å². The lowest BCUT2D eigenvalue weighted by atomic mass is 10.1. The maximum Gasteiger partial charge on any atom is 0.409 e. The Hall–Kier alpha value is -1.21. The molecule has 1 rings (SSSR count). The summed E-state index contributed by atoms with van der Waals surface area (Å²) in [6.07, 6.45) is 5.07. The van der Waals surface area contributed by atoms with Gasteiger partial charge in [-0.05, 0) is 0 Å². The Bertz CT molecular complexity index is 233. The smallest absolute Gasteiger partial charge is 0.409 e. The van der Waals surface area contributed by atoms with Crippen molar-refractivity contribution in [2.24, 2.45) is 0 Å². The van der Waals surface area contributed by atoms with E-state index >= 15 is 0 Å². The number of β-amino-alcohol motifs (C(OH)–C–C–N with tert-alkyl or cyclic N) is 1. The summed E-state index contributed by atoms with van der Waals surface area (Å²) >= 11 is 0.